The van der Waals surface area contributed by atoms with E-state index in [2.05, 4.69) is 6.08 Å². The van der Waals surface area contributed by atoms with E-state index in [0.717, 1.165) is 12.0 Å². The standard InChI is InChI=1S/C11H15NO2/c1-3-8(2)11(12(13)14)7-9-4-5-10(11)6-9/h3-5,9-10H,6-7H2,1-2H3. The molecular formula is C11H15NO2. The Morgan fingerprint density at radius 3 is 2.71 bits per heavy atom. The molecule has 2 aliphatic rings. The molecule has 14 heavy (non-hydrogen) atoms. The van der Waals surface area contributed by atoms with Crippen LogP contribution in [0.25, 0.3) is 0 Å². The molecule has 0 aromatic carbocycles. The lowest BCUT2D eigenvalue weighted by molar-refractivity contribution is -0.563. The summed E-state index contributed by atoms with van der Waals surface area (Å²) in [6.07, 6.45) is 7.71. The minimum Gasteiger partial charge on any atom is -0.264 e. The van der Waals surface area contributed by atoms with E-state index in [9.17, 15) is 10.1 Å². The van der Waals surface area contributed by atoms with Gasteiger partial charge in [-0.15, -0.1) is 0 Å². The van der Waals surface area contributed by atoms with Crippen molar-refractivity contribution in [3.63, 3.8) is 0 Å². The molecule has 0 heterocycles. The van der Waals surface area contributed by atoms with Crippen LogP contribution in [-0.4, -0.2) is 10.5 Å². The monoisotopic (exact) mass is 193 g/mol. The quantitative estimate of drug-likeness (QED) is 0.384. The molecule has 0 radical (unpaired) electrons. The Labute approximate surface area is 83.7 Å². The van der Waals surface area contributed by atoms with Gasteiger partial charge < -0.3 is 0 Å². The Hall–Kier alpha value is -1.12. The third-order valence-corrected chi connectivity index (χ3v) is 3.80. The molecule has 1 fully saturated rings. The van der Waals surface area contributed by atoms with Crippen molar-refractivity contribution in [2.75, 3.05) is 0 Å². The zero-order valence-corrected chi connectivity index (χ0v) is 8.56. The van der Waals surface area contributed by atoms with Crippen LogP contribution in [0.2, 0.25) is 0 Å². The summed E-state index contributed by atoms with van der Waals surface area (Å²) in [4.78, 5) is 11.2. The molecule has 0 saturated heterocycles. The van der Waals surface area contributed by atoms with Crippen molar-refractivity contribution in [2.45, 2.75) is 32.2 Å². The van der Waals surface area contributed by atoms with E-state index in [0.29, 0.717) is 12.3 Å². The van der Waals surface area contributed by atoms with Crippen LogP contribution in [0, 0.1) is 22.0 Å². The predicted molar refractivity (Wildman–Crippen MR) is 54.5 cm³/mol. The highest BCUT2D eigenvalue weighted by atomic mass is 16.6. The highest BCUT2D eigenvalue weighted by Gasteiger charge is 2.58. The minimum atomic E-state index is -0.784. The van der Waals surface area contributed by atoms with E-state index in [1.807, 2.05) is 26.0 Å². The van der Waals surface area contributed by atoms with Crippen LogP contribution in [0.3, 0.4) is 0 Å². The van der Waals surface area contributed by atoms with Crippen molar-refractivity contribution in [1.29, 1.82) is 0 Å². The Morgan fingerprint density at radius 1 is 1.64 bits per heavy atom. The zero-order valence-electron chi connectivity index (χ0n) is 8.56. The minimum absolute atomic E-state index is 0.0729. The number of hydrogen-bond donors (Lipinski definition) is 0. The Kier molecular flexibility index (Phi) is 1.98. The fourth-order valence-corrected chi connectivity index (χ4v) is 2.89. The van der Waals surface area contributed by atoms with Crippen molar-refractivity contribution < 1.29 is 4.92 Å². The van der Waals surface area contributed by atoms with E-state index in [-0.39, 0.29) is 10.8 Å². The van der Waals surface area contributed by atoms with Crippen LogP contribution in [0.1, 0.15) is 26.7 Å². The molecule has 76 valence electrons. The van der Waals surface area contributed by atoms with Gasteiger partial charge in [0.25, 0.3) is 0 Å². The summed E-state index contributed by atoms with van der Waals surface area (Å²) >= 11 is 0. The first-order valence-electron chi connectivity index (χ1n) is 5.07. The van der Waals surface area contributed by atoms with Crippen molar-refractivity contribution in [1.82, 2.24) is 0 Å². The number of rotatable bonds is 2. The molecule has 0 aromatic rings. The summed E-state index contributed by atoms with van der Waals surface area (Å²) in [6.45, 7) is 3.77. The summed E-state index contributed by atoms with van der Waals surface area (Å²) in [5, 5.41) is 11.2. The molecule has 1 saturated carbocycles. The van der Waals surface area contributed by atoms with E-state index >= 15 is 0 Å². The average Bonchev–Trinajstić information content (AvgIpc) is 2.75. The van der Waals surface area contributed by atoms with Crippen LogP contribution in [0.15, 0.2) is 23.8 Å². The second-order valence-corrected chi connectivity index (χ2v) is 4.34. The van der Waals surface area contributed by atoms with Crippen molar-refractivity contribution in [2.24, 2.45) is 11.8 Å². The molecule has 0 N–H and O–H groups in total. The molecule has 0 amide bonds. The van der Waals surface area contributed by atoms with Crippen LogP contribution in [0.5, 0.6) is 0 Å². The summed E-state index contributed by atoms with van der Waals surface area (Å²) in [5.74, 6) is 0.555. The molecular weight excluding hydrogens is 178 g/mol. The first-order valence-corrected chi connectivity index (χ1v) is 5.07. The van der Waals surface area contributed by atoms with Crippen molar-refractivity contribution >= 4 is 0 Å². The van der Waals surface area contributed by atoms with Gasteiger partial charge in [0.1, 0.15) is 0 Å². The van der Waals surface area contributed by atoms with Gasteiger partial charge in [0, 0.05) is 11.3 Å². The molecule has 2 rings (SSSR count). The van der Waals surface area contributed by atoms with Gasteiger partial charge in [-0.3, -0.25) is 10.1 Å². The van der Waals surface area contributed by atoms with Gasteiger partial charge >= 0.3 is 0 Å². The second kappa shape index (κ2) is 2.94. The van der Waals surface area contributed by atoms with Gasteiger partial charge in [-0.2, -0.15) is 0 Å². The fourth-order valence-electron chi connectivity index (χ4n) is 2.89. The molecule has 3 heteroatoms. The Bertz CT molecular complexity index is 332. The molecule has 0 spiro atoms. The largest absolute Gasteiger partial charge is 0.264 e. The molecule has 2 aliphatic carbocycles. The number of fused-ring (bicyclic) bond motifs is 2. The van der Waals surface area contributed by atoms with E-state index in [1.54, 1.807) is 0 Å². The predicted octanol–water partition coefficient (Wildman–Crippen LogP) is 2.56. The molecule has 3 nitrogen and oxygen atoms in total. The Balaban J connectivity index is 2.44. The number of nitro groups is 1. The SMILES string of the molecule is CC=C(C)C1([N+](=O)[O-])CC2C=CC1C2. The van der Waals surface area contributed by atoms with E-state index < -0.39 is 5.54 Å². The first kappa shape index (κ1) is 9.44. The van der Waals surface area contributed by atoms with Crippen molar-refractivity contribution in [3.8, 4) is 0 Å². The third kappa shape index (κ3) is 0.982. The van der Waals surface area contributed by atoms with E-state index in [4.69, 9.17) is 0 Å². The lowest BCUT2D eigenvalue weighted by Crippen LogP contribution is -2.43. The smallest absolute Gasteiger partial charge is 0.249 e. The second-order valence-electron chi connectivity index (χ2n) is 4.34. The summed E-state index contributed by atoms with van der Waals surface area (Å²) in [6, 6.07) is 0. The lowest BCUT2D eigenvalue weighted by Gasteiger charge is -2.27. The van der Waals surface area contributed by atoms with Crippen LogP contribution >= 0.6 is 0 Å². The molecule has 0 aliphatic heterocycles. The fraction of sp³-hybridized carbons (Fsp3) is 0.636. The highest BCUT2D eigenvalue weighted by molar-refractivity contribution is 5.28. The average molecular weight is 193 g/mol. The zero-order chi connectivity index (χ0) is 10.3. The lowest BCUT2D eigenvalue weighted by atomic mass is 9.79. The van der Waals surface area contributed by atoms with E-state index in [1.165, 1.54) is 0 Å². The molecule has 3 unspecified atom stereocenters. The molecule has 0 aromatic heterocycles. The maximum atomic E-state index is 11.2. The van der Waals surface area contributed by atoms with Gasteiger partial charge in [0.05, 0.1) is 5.92 Å². The first-order chi connectivity index (χ1) is 6.61. The number of hydrogen-bond acceptors (Lipinski definition) is 2. The summed E-state index contributed by atoms with van der Waals surface area (Å²) < 4.78 is 0. The third-order valence-electron chi connectivity index (χ3n) is 3.80. The summed E-state index contributed by atoms with van der Waals surface area (Å²) in [5.41, 5.74) is 0.133. The maximum absolute atomic E-state index is 11.2. The van der Waals surface area contributed by atoms with Crippen LogP contribution in [-0.2, 0) is 0 Å². The molecule has 3 atom stereocenters. The maximum Gasteiger partial charge on any atom is 0.249 e. The van der Waals surface area contributed by atoms with Gasteiger partial charge in [0.2, 0.25) is 5.54 Å². The normalized spacial score (nSPS) is 40.6. The molecule has 2 bridgehead atoms. The van der Waals surface area contributed by atoms with Gasteiger partial charge in [-0.25, -0.2) is 0 Å². The topological polar surface area (TPSA) is 43.1 Å². The number of nitrogens with zero attached hydrogens (tertiary/aromatic N) is 1. The summed E-state index contributed by atoms with van der Waals surface area (Å²) in [7, 11) is 0. The van der Waals surface area contributed by atoms with Crippen LogP contribution in [0.4, 0.5) is 0 Å². The van der Waals surface area contributed by atoms with Gasteiger partial charge in [-0.1, -0.05) is 18.2 Å². The Morgan fingerprint density at radius 2 is 2.36 bits per heavy atom. The van der Waals surface area contributed by atoms with Gasteiger partial charge in [0.15, 0.2) is 0 Å². The van der Waals surface area contributed by atoms with Crippen molar-refractivity contribution in [3.05, 3.63) is 33.9 Å². The van der Waals surface area contributed by atoms with Crippen LogP contribution < -0.4 is 0 Å². The highest BCUT2D eigenvalue weighted by Crippen LogP contribution is 2.51. The number of allylic oxidation sites excluding steroid dienone is 2. The van der Waals surface area contributed by atoms with Gasteiger partial charge in [-0.05, 0) is 31.8 Å².